The van der Waals surface area contributed by atoms with E-state index in [4.69, 9.17) is 0 Å². The lowest BCUT2D eigenvalue weighted by Crippen LogP contribution is -2.11. The second-order valence-electron chi connectivity index (χ2n) is 4.18. The van der Waals surface area contributed by atoms with Crippen molar-refractivity contribution in [2.24, 2.45) is 0 Å². The average Bonchev–Trinajstić information content (AvgIpc) is 2.78. The molecule has 18 heavy (non-hydrogen) atoms. The van der Waals surface area contributed by atoms with E-state index in [2.05, 4.69) is 22.5 Å². The minimum Gasteiger partial charge on any atom is -0.309 e. The van der Waals surface area contributed by atoms with Crippen molar-refractivity contribution >= 4 is 11.7 Å². The first kappa shape index (κ1) is 12.4. The van der Waals surface area contributed by atoms with Crippen molar-refractivity contribution in [3.8, 4) is 0 Å². The third kappa shape index (κ3) is 3.45. The Bertz CT molecular complexity index is 505. The third-order valence-electron chi connectivity index (χ3n) is 2.57. The van der Waals surface area contributed by atoms with Gasteiger partial charge in [0.25, 0.3) is 0 Å². The Morgan fingerprint density at radius 1 is 1.28 bits per heavy atom. The van der Waals surface area contributed by atoms with Gasteiger partial charge in [-0.1, -0.05) is 37.3 Å². The van der Waals surface area contributed by atoms with Crippen LogP contribution in [0.4, 0.5) is 5.82 Å². The summed E-state index contributed by atoms with van der Waals surface area (Å²) < 4.78 is 1.82. The second-order valence-corrected chi connectivity index (χ2v) is 4.18. The highest BCUT2D eigenvalue weighted by molar-refractivity contribution is 5.89. The maximum atomic E-state index is 11.4. The normalized spacial score (nSPS) is 10.3. The van der Waals surface area contributed by atoms with Crippen LogP contribution in [0.3, 0.4) is 0 Å². The Kier molecular flexibility index (Phi) is 4.12. The fraction of sp³-hybridized carbons (Fsp3) is 0.286. The molecule has 0 unspecified atom stereocenters. The summed E-state index contributed by atoms with van der Waals surface area (Å²) in [6.07, 6.45) is 3.25. The van der Waals surface area contributed by atoms with E-state index in [0.29, 0.717) is 18.8 Å². The highest BCUT2D eigenvalue weighted by Crippen LogP contribution is 2.07. The van der Waals surface area contributed by atoms with Crippen LogP contribution < -0.4 is 5.32 Å². The minimum atomic E-state index is 0.0162. The molecule has 1 N–H and O–H groups in total. The summed E-state index contributed by atoms with van der Waals surface area (Å²) in [6.45, 7) is 2.69. The topological polar surface area (TPSA) is 46.9 Å². The number of hydrogen-bond donors (Lipinski definition) is 1. The maximum absolute atomic E-state index is 11.4. The van der Waals surface area contributed by atoms with Crippen LogP contribution >= 0.6 is 0 Å². The van der Waals surface area contributed by atoms with Crippen molar-refractivity contribution in [3.63, 3.8) is 0 Å². The molecule has 0 aliphatic rings. The van der Waals surface area contributed by atoms with Gasteiger partial charge < -0.3 is 5.32 Å². The molecule has 1 aromatic carbocycles. The van der Waals surface area contributed by atoms with E-state index in [-0.39, 0.29) is 5.91 Å². The van der Waals surface area contributed by atoms with Crippen molar-refractivity contribution in [1.82, 2.24) is 9.78 Å². The predicted octanol–water partition coefficient (Wildman–Crippen LogP) is 2.67. The number of benzene rings is 1. The first-order valence-electron chi connectivity index (χ1n) is 6.15. The van der Waals surface area contributed by atoms with Gasteiger partial charge in [0.2, 0.25) is 5.91 Å². The first-order chi connectivity index (χ1) is 8.78. The van der Waals surface area contributed by atoms with Crippen LogP contribution in [0.2, 0.25) is 0 Å². The number of anilines is 1. The highest BCUT2D eigenvalue weighted by Gasteiger charge is 2.03. The first-order valence-corrected chi connectivity index (χ1v) is 6.15. The molecule has 94 valence electrons. The predicted molar refractivity (Wildman–Crippen MR) is 71.3 cm³/mol. The maximum Gasteiger partial charge on any atom is 0.225 e. The number of nitrogens with one attached hydrogen (secondary N) is 1. The smallest absolute Gasteiger partial charge is 0.225 e. The molecule has 0 saturated heterocycles. The van der Waals surface area contributed by atoms with E-state index in [0.717, 1.165) is 6.42 Å². The molecule has 1 amide bonds. The Morgan fingerprint density at radius 2 is 2.06 bits per heavy atom. The number of carbonyl (C=O) groups is 1. The molecular formula is C14H17N3O. The van der Waals surface area contributed by atoms with Gasteiger partial charge in [-0.2, -0.15) is 5.10 Å². The summed E-state index contributed by atoms with van der Waals surface area (Å²) in [7, 11) is 0. The Hall–Kier alpha value is -2.10. The van der Waals surface area contributed by atoms with E-state index in [1.165, 1.54) is 5.56 Å². The summed E-state index contributed by atoms with van der Waals surface area (Å²) in [5.74, 6) is 0.631. The Balaban J connectivity index is 1.96. The molecule has 4 heteroatoms. The SMILES string of the molecule is CCCC(=O)Nc1ccn(Cc2ccccc2)n1. The minimum absolute atomic E-state index is 0.0162. The van der Waals surface area contributed by atoms with Crippen LogP contribution in [0, 0.1) is 0 Å². The van der Waals surface area contributed by atoms with Crippen LogP contribution in [-0.4, -0.2) is 15.7 Å². The zero-order valence-corrected chi connectivity index (χ0v) is 10.5. The fourth-order valence-corrected chi connectivity index (χ4v) is 1.72. The molecule has 2 rings (SSSR count). The van der Waals surface area contributed by atoms with Crippen LogP contribution in [-0.2, 0) is 11.3 Å². The molecule has 0 spiro atoms. The molecule has 1 heterocycles. The van der Waals surface area contributed by atoms with E-state index >= 15 is 0 Å². The van der Waals surface area contributed by atoms with Gasteiger partial charge in [0.15, 0.2) is 5.82 Å². The number of rotatable bonds is 5. The fourth-order valence-electron chi connectivity index (χ4n) is 1.72. The monoisotopic (exact) mass is 243 g/mol. The van der Waals surface area contributed by atoms with Crippen LogP contribution in [0.1, 0.15) is 25.3 Å². The highest BCUT2D eigenvalue weighted by atomic mass is 16.1. The lowest BCUT2D eigenvalue weighted by molar-refractivity contribution is -0.116. The number of nitrogens with zero attached hydrogens (tertiary/aromatic N) is 2. The van der Waals surface area contributed by atoms with Gasteiger partial charge in [0.05, 0.1) is 6.54 Å². The molecule has 0 saturated carbocycles. The van der Waals surface area contributed by atoms with E-state index in [9.17, 15) is 4.79 Å². The lowest BCUT2D eigenvalue weighted by atomic mass is 10.2. The summed E-state index contributed by atoms with van der Waals surface area (Å²) in [4.78, 5) is 11.4. The number of carbonyl (C=O) groups excluding carboxylic acids is 1. The number of amides is 1. The van der Waals surface area contributed by atoms with Gasteiger partial charge in [-0.3, -0.25) is 9.48 Å². The van der Waals surface area contributed by atoms with Crippen molar-refractivity contribution in [3.05, 3.63) is 48.2 Å². The molecule has 0 atom stereocenters. The largest absolute Gasteiger partial charge is 0.309 e. The standard InChI is InChI=1S/C14H17N3O/c1-2-6-14(18)15-13-9-10-17(16-13)11-12-7-4-3-5-8-12/h3-5,7-10H,2,6,11H2,1H3,(H,15,16,18). The summed E-state index contributed by atoms with van der Waals surface area (Å²) >= 11 is 0. The van der Waals surface area contributed by atoms with Crippen LogP contribution in [0.15, 0.2) is 42.6 Å². The number of hydrogen-bond acceptors (Lipinski definition) is 2. The van der Waals surface area contributed by atoms with Crippen molar-refractivity contribution < 1.29 is 4.79 Å². The Labute approximate surface area is 107 Å². The zero-order valence-electron chi connectivity index (χ0n) is 10.5. The van der Waals surface area contributed by atoms with Crippen LogP contribution in [0.25, 0.3) is 0 Å². The quantitative estimate of drug-likeness (QED) is 0.877. The molecule has 0 radical (unpaired) electrons. The van der Waals surface area contributed by atoms with E-state index in [1.54, 1.807) is 0 Å². The summed E-state index contributed by atoms with van der Waals surface area (Å²) in [6, 6.07) is 11.9. The molecular weight excluding hydrogens is 226 g/mol. The van der Waals surface area contributed by atoms with E-state index in [1.807, 2.05) is 42.1 Å². The molecule has 0 aliphatic heterocycles. The molecule has 4 nitrogen and oxygen atoms in total. The molecule has 0 fully saturated rings. The average molecular weight is 243 g/mol. The van der Waals surface area contributed by atoms with Gasteiger partial charge in [0, 0.05) is 18.7 Å². The van der Waals surface area contributed by atoms with E-state index < -0.39 is 0 Å². The van der Waals surface area contributed by atoms with Gasteiger partial charge in [-0.25, -0.2) is 0 Å². The third-order valence-corrected chi connectivity index (χ3v) is 2.57. The summed E-state index contributed by atoms with van der Waals surface area (Å²) in [5, 5.41) is 7.09. The lowest BCUT2D eigenvalue weighted by Gasteiger charge is -2.02. The van der Waals surface area contributed by atoms with Gasteiger partial charge in [-0.15, -0.1) is 0 Å². The summed E-state index contributed by atoms with van der Waals surface area (Å²) in [5.41, 5.74) is 1.19. The van der Waals surface area contributed by atoms with Gasteiger partial charge in [0.1, 0.15) is 0 Å². The van der Waals surface area contributed by atoms with Crippen molar-refractivity contribution in [2.45, 2.75) is 26.3 Å². The molecule has 1 aromatic heterocycles. The van der Waals surface area contributed by atoms with Crippen molar-refractivity contribution in [1.29, 1.82) is 0 Å². The van der Waals surface area contributed by atoms with Gasteiger partial charge >= 0.3 is 0 Å². The molecule has 0 aliphatic carbocycles. The Morgan fingerprint density at radius 3 is 2.78 bits per heavy atom. The van der Waals surface area contributed by atoms with Crippen molar-refractivity contribution in [2.75, 3.05) is 5.32 Å². The molecule has 0 bridgehead atoms. The number of aromatic nitrogens is 2. The zero-order chi connectivity index (χ0) is 12.8. The van der Waals surface area contributed by atoms with Gasteiger partial charge in [-0.05, 0) is 12.0 Å². The molecule has 2 aromatic rings. The second kappa shape index (κ2) is 6.00. The van der Waals surface area contributed by atoms with Crippen LogP contribution in [0.5, 0.6) is 0 Å².